The second-order valence-corrected chi connectivity index (χ2v) is 7.44. The van der Waals surface area contributed by atoms with Gasteiger partial charge < -0.3 is 5.32 Å². The van der Waals surface area contributed by atoms with E-state index in [4.69, 9.17) is 0 Å². The van der Waals surface area contributed by atoms with Crippen LogP contribution < -0.4 is 10.0 Å². The predicted molar refractivity (Wildman–Crippen MR) is 83.7 cm³/mol. The van der Waals surface area contributed by atoms with Crippen molar-refractivity contribution in [3.8, 4) is 0 Å². The largest absolute Gasteiger partial charge is 0.380 e. The Labute approximate surface area is 127 Å². The van der Waals surface area contributed by atoms with Crippen LogP contribution in [0.4, 0.5) is 15.8 Å². The molecule has 2 rings (SSSR count). The number of anilines is 2. The van der Waals surface area contributed by atoms with Gasteiger partial charge in [-0.1, -0.05) is 6.92 Å². The highest BCUT2D eigenvalue weighted by Crippen LogP contribution is 2.22. The molecule has 1 aromatic heterocycles. The van der Waals surface area contributed by atoms with E-state index in [1.807, 2.05) is 6.92 Å². The molecule has 2 aromatic rings. The van der Waals surface area contributed by atoms with Gasteiger partial charge in [-0.25, -0.2) is 17.8 Å². The van der Waals surface area contributed by atoms with Gasteiger partial charge in [-0.15, -0.1) is 11.3 Å². The number of halogens is 1. The fourth-order valence-corrected chi connectivity index (χ4v) is 3.05. The van der Waals surface area contributed by atoms with Crippen LogP contribution in [0.1, 0.15) is 16.8 Å². The van der Waals surface area contributed by atoms with Crippen molar-refractivity contribution in [3.63, 3.8) is 0 Å². The molecule has 1 aromatic carbocycles. The zero-order chi connectivity index (χ0) is 15.5. The Morgan fingerprint density at radius 2 is 2.14 bits per heavy atom. The third kappa shape index (κ3) is 4.68. The summed E-state index contributed by atoms with van der Waals surface area (Å²) in [6, 6.07) is 4.21. The van der Waals surface area contributed by atoms with Gasteiger partial charge in [0.2, 0.25) is 10.0 Å². The number of hydrogen-bond donors (Lipinski definition) is 2. The third-order valence-corrected chi connectivity index (χ3v) is 4.36. The van der Waals surface area contributed by atoms with E-state index >= 15 is 0 Å². The van der Waals surface area contributed by atoms with Gasteiger partial charge >= 0.3 is 0 Å². The number of aromatic nitrogens is 1. The van der Waals surface area contributed by atoms with Gasteiger partial charge in [0.05, 0.1) is 23.5 Å². The summed E-state index contributed by atoms with van der Waals surface area (Å²) in [5.74, 6) is -0.614. The van der Waals surface area contributed by atoms with E-state index in [2.05, 4.69) is 15.0 Å². The maximum atomic E-state index is 13.5. The molecule has 21 heavy (non-hydrogen) atoms. The first-order valence-electron chi connectivity index (χ1n) is 6.32. The molecular weight excluding hydrogens is 313 g/mol. The van der Waals surface area contributed by atoms with Gasteiger partial charge in [0.1, 0.15) is 5.82 Å². The van der Waals surface area contributed by atoms with E-state index in [0.717, 1.165) is 22.6 Å². The molecule has 0 amide bonds. The summed E-state index contributed by atoms with van der Waals surface area (Å²) in [5, 5.41) is 4.18. The fraction of sp³-hybridized carbons (Fsp3) is 0.308. The Morgan fingerprint density at radius 3 is 2.76 bits per heavy atom. The van der Waals surface area contributed by atoms with Gasteiger partial charge in [-0.2, -0.15) is 0 Å². The van der Waals surface area contributed by atoms with Crippen LogP contribution in [0.15, 0.2) is 24.4 Å². The summed E-state index contributed by atoms with van der Waals surface area (Å²) in [4.78, 5) is 5.32. The average Bonchev–Trinajstić information content (AvgIpc) is 2.86. The average molecular weight is 329 g/mol. The van der Waals surface area contributed by atoms with Crippen LogP contribution in [0.2, 0.25) is 0 Å². The summed E-state index contributed by atoms with van der Waals surface area (Å²) < 4.78 is 38.0. The Morgan fingerprint density at radius 1 is 1.38 bits per heavy atom. The topological polar surface area (TPSA) is 71.1 Å². The van der Waals surface area contributed by atoms with Crippen LogP contribution in [-0.2, 0) is 23.0 Å². The number of nitrogens with zero attached hydrogens (tertiary/aromatic N) is 1. The minimum atomic E-state index is -3.51. The zero-order valence-electron chi connectivity index (χ0n) is 11.7. The molecule has 0 saturated heterocycles. The van der Waals surface area contributed by atoms with Gasteiger partial charge in [0.15, 0.2) is 0 Å². The summed E-state index contributed by atoms with van der Waals surface area (Å²) >= 11 is 1.61. The van der Waals surface area contributed by atoms with E-state index in [-0.39, 0.29) is 5.69 Å². The highest BCUT2D eigenvalue weighted by molar-refractivity contribution is 7.92. The second kappa shape index (κ2) is 6.40. The molecule has 114 valence electrons. The molecule has 0 spiro atoms. The second-order valence-electron chi connectivity index (χ2n) is 4.50. The van der Waals surface area contributed by atoms with E-state index in [0.29, 0.717) is 12.2 Å². The lowest BCUT2D eigenvalue weighted by atomic mass is 10.2. The van der Waals surface area contributed by atoms with Crippen molar-refractivity contribution in [2.24, 2.45) is 0 Å². The minimum absolute atomic E-state index is 0.0685. The van der Waals surface area contributed by atoms with E-state index < -0.39 is 15.8 Å². The number of sulfonamides is 1. The van der Waals surface area contributed by atoms with Crippen molar-refractivity contribution in [3.05, 3.63) is 40.1 Å². The number of hydrogen-bond acceptors (Lipinski definition) is 5. The number of rotatable bonds is 6. The van der Waals surface area contributed by atoms with Crippen LogP contribution in [0.3, 0.4) is 0 Å². The summed E-state index contributed by atoms with van der Waals surface area (Å²) in [6.45, 7) is 2.60. The molecular formula is C13H16FN3O2S2. The smallest absolute Gasteiger partial charge is 0.229 e. The van der Waals surface area contributed by atoms with Crippen molar-refractivity contribution in [1.29, 1.82) is 0 Å². The van der Waals surface area contributed by atoms with Gasteiger partial charge in [-0.05, 0) is 24.6 Å². The number of thiazole rings is 1. The predicted octanol–water partition coefficient (Wildman–Crippen LogP) is 2.83. The van der Waals surface area contributed by atoms with Crippen molar-refractivity contribution >= 4 is 32.7 Å². The lowest BCUT2D eigenvalue weighted by Gasteiger charge is -2.09. The Bertz CT molecular complexity index is 729. The van der Waals surface area contributed by atoms with E-state index in [1.165, 1.54) is 12.1 Å². The molecule has 0 unspecified atom stereocenters. The standard InChI is InChI=1S/C13H16FN3O2S2/c1-3-13-16-8-10(20-13)7-15-9-4-5-11(14)12(6-9)17-21(2,18)19/h4-6,8,15,17H,3,7H2,1-2H3. The molecule has 0 radical (unpaired) electrons. The van der Waals surface area contributed by atoms with Crippen LogP contribution in [0.5, 0.6) is 0 Å². The summed E-state index contributed by atoms with van der Waals surface area (Å²) in [6.07, 6.45) is 3.68. The Hall–Kier alpha value is -1.67. The van der Waals surface area contributed by atoms with Crippen LogP contribution in [0.25, 0.3) is 0 Å². The molecule has 2 N–H and O–H groups in total. The van der Waals surface area contributed by atoms with Crippen molar-refractivity contribution in [2.45, 2.75) is 19.9 Å². The van der Waals surface area contributed by atoms with Crippen molar-refractivity contribution < 1.29 is 12.8 Å². The molecule has 0 aliphatic rings. The number of benzene rings is 1. The van der Waals surface area contributed by atoms with Gasteiger partial charge in [0, 0.05) is 16.8 Å². The van der Waals surface area contributed by atoms with Crippen molar-refractivity contribution in [2.75, 3.05) is 16.3 Å². The monoisotopic (exact) mass is 329 g/mol. The maximum absolute atomic E-state index is 13.5. The summed E-state index contributed by atoms with van der Waals surface area (Å²) in [7, 11) is -3.51. The lowest BCUT2D eigenvalue weighted by Crippen LogP contribution is -2.11. The summed E-state index contributed by atoms with van der Waals surface area (Å²) in [5.41, 5.74) is 0.565. The first-order valence-corrected chi connectivity index (χ1v) is 9.03. The molecule has 0 atom stereocenters. The number of aryl methyl sites for hydroxylation is 1. The first-order chi connectivity index (χ1) is 9.87. The molecule has 1 heterocycles. The molecule has 5 nitrogen and oxygen atoms in total. The van der Waals surface area contributed by atoms with Gasteiger partial charge in [0.25, 0.3) is 0 Å². The molecule has 0 aliphatic carbocycles. The normalized spacial score (nSPS) is 11.4. The molecule has 0 aliphatic heterocycles. The first kappa shape index (κ1) is 15.7. The van der Waals surface area contributed by atoms with Crippen LogP contribution in [-0.4, -0.2) is 19.7 Å². The minimum Gasteiger partial charge on any atom is -0.380 e. The van der Waals surface area contributed by atoms with E-state index in [9.17, 15) is 12.8 Å². The molecule has 8 heteroatoms. The van der Waals surface area contributed by atoms with Crippen LogP contribution in [0, 0.1) is 5.82 Å². The lowest BCUT2D eigenvalue weighted by molar-refractivity contribution is 0.604. The molecule has 0 fully saturated rings. The van der Waals surface area contributed by atoms with E-state index in [1.54, 1.807) is 23.6 Å². The fourth-order valence-electron chi connectivity index (χ4n) is 1.70. The highest BCUT2D eigenvalue weighted by Gasteiger charge is 2.09. The SMILES string of the molecule is CCc1ncc(CNc2ccc(F)c(NS(C)(=O)=O)c2)s1. The number of nitrogens with one attached hydrogen (secondary N) is 2. The molecule has 0 bridgehead atoms. The van der Waals surface area contributed by atoms with Gasteiger partial charge in [-0.3, -0.25) is 4.72 Å². The maximum Gasteiger partial charge on any atom is 0.229 e. The third-order valence-electron chi connectivity index (χ3n) is 2.63. The van der Waals surface area contributed by atoms with Crippen LogP contribution >= 0.6 is 11.3 Å². The Balaban J connectivity index is 2.08. The van der Waals surface area contributed by atoms with Crippen molar-refractivity contribution in [1.82, 2.24) is 4.98 Å². The quantitative estimate of drug-likeness (QED) is 0.855. The molecule has 0 saturated carbocycles. The highest BCUT2D eigenvalue weighted by atomic mass is 32.2. The Kier molecular flexibility index (Phi) is 4.79. The zero-order valence-corrected chi connectivity index (χ0v) is 13.3.